The number of halogens is 1. The van der Waals surface area contributed by atoms with E-state index in [1.165, 1.54) is 21.6 Å². The van der Waals surface area contributed by atoms with Crippen molar-refractivity contribution in [3.63, 3.8) is 0 Å². The number of nitrogens with two attached hydrogens (primary N) is 1. The summed E-state index contributed by atoms with van der Waals surface area (Å²) in [7, 11) is 0. The Kier molecular flexibility index (Phi) is 2.85. The van der Waals surface area contributed by atoms with Gasteiger partial charge in [0.15, 0.2) is 0 Å². The maximum Gasteiger partial charge on any atom is 0.0941 e. The molecule has 0 radical (unpaired) electrons. The first-order valence-electron chi connectivity index (χ1n) is 4.71. The van der Waals surface area contributed by atoms with E-state index >= 15 is 0 Å². The third-order valence-corrected chi connectivity index (χ3v) is 4.06. The topological polar surface area (TPSA) is 26.0 Å². The average Bonchev–Trinajstić information content (AvgIpc) is 2.41. The normalized spacial score (nSPS) is 10.6. The number of nitrogen functional groups attached to an aromatic ring is 1. The molecule has 78 valence electrons. The van der Waals surface area contributed by atoms with E-state index in [4.69, 9.17) is 5.73 Å². The summed E-state index contributed by atoms with van der Waals surface area (Å²) in [5.74, 6) is 0. The van der Waals surface area contributed by atoms with Gasteiger partial charge in [-0.2, -0.15) is 0 Å². The van der Waals surface area contributed by atoms with Crippen molar-refractivity contribution in [2.45, 2.75) is 13.8 Å². The first-order valence-corrected chi connectivity index (χ1v) is 6.32. The fourth-order valence-electron chi connectivity index (χ4n) is 1.66. The van der Waals surface area contributed by atoms with Crippen molar-refractivity contribution in [1.29, 1.82) is 0 Å². The zero-order chi connectivity index (χ0) is 11.0. The van der Waals surface area contributed by atoms with Gasteiger partial charge >= 0.3 is 0 Å². The third kappa shape index (κ3) is 1.94. The van der Waals surface area contributed by atoms with Crippen LogP contribution in [0.1, 0.15) is 10.4 Å². The van der Waals surface area contributed by atoms with E-state index in [1.54, 1.807) is 11.3 Å². The Hall–Kier alpha value is -0.800. The lowest BCUT2D eigenvalue weighted by Gasteiger charge is -2.03. The van der Waals surface area contributed by atoms with Crippen LogP contribution in [0.5, 0.6) is 0 Å². The highest BCUT2D eigenvalue weighted by Crippen LogP contribution is 2.38. The van der Waals surface area contributed by atoms with Gasteiger partial charge < -0.3 is 5.73 Å². The zero-order valence-electron chi connectivity index (χ0n) is 8.67. The van der Waals surface area contributed by atoms with Crippen molar-refractivity contribution in [2.75, 3.05) is 5.73 Å². The highest BCUT2D eigenvalue weighted by Gasteiger charge is 2.11. The second-order valence-electron chi connectivity index (χ2n) is 3.53. The molecule has 0 atom stereocenters. The van der Waals surface area contributed by atoms with Crippen LogP contribution in [0.15, 0.2) is 28.7 Å². The molecule has 1 heterocycles. The van der Waals surface area contributed by atoms with E-state index < -0.39 is 0 Å². The molecular formula is C12H12BrNS. The van der Waals surface area contributed by atoms with Gasteiger partial charge in [0.1, 0.15) is 0 Å². The lowest BCUT2D eigenvalue weighted by Crippen LogP contribution is -1.85. The summed E-state index contributed by atoms with van der Waals surface area (Å²) in [5, 5.41) is 0.906. The van der Waals surface area contributed by atoms with Crippen LogP contribution in [-0.2, 0) is 0 Å². The molecule has 0 saturated carbocycles. The van der Waals surface area contributed by atoms with Gasteiger partial charge in [0.25, 0.3) is 0 Å². The number of hydrogen-bond acceptors (Lipinski definition) is 2. The molecule has 0 unspecified atom stereocenters. The Morgan fingerprint density at radius 3 is 2.53 bits per heavy atom. The Bertz CT molecular complexity index is 502. The van der Waals surface area contributed by atoms with Crippen LogP contribution in [0.2, 0.25) is 0 Å². The van der Waals surface area contributed by atoms with E-state index in [1.807, 2.05) is 12.1 Å². The van der Waals surface area contributed by atoms with Crippen molar-refractivity contribution < 1.29 is 0 Å². The van der Waals surface area contributed by atoms with Gasteiger partial charge in [-0.3, -0.25) is 0 Å². The number of anilines is 1. The molecule has 1 nitrogen and oxygen atoms in total. The average molecular weight is 282 g/mol. The van der Waals surface area contributed by atoms with Gasteiger partial charge in [0.05, 0.1) is 5.00 Å². The highest BCUT2D eigenvalue weighted by atomic mass is 79.9. The summed E-state index contributed by atoms with van der Waals surface area (Å²) >= 11 is 5.14. The summed E-state index contributed by atoms with van der Waals surface area (Å²) in [6, 6.07) is 8.25. The summed E-state index contributed by atoms with van der Waals surface area (Å²) in [6.45, 7) is 4.23. The highest BCUT2D eigenvalue weighted by molar-refractivity contribution is 9.10. The molecule has 0 aliphatic rings. The van der Waals surface area contributed by atoms with Crippen molar-refractivity contribution in [1.82, 2.24) is 0 Å². The van der Waals surface area contributed by atoms with Crippen molar-refractivity contribution >= 4 is 32.3 Å². The monoisotopic (exact) mass is 281 g/mol. The molecule has 0 bridgehead atoms. The van der Waals surface area contributed by atoms with Gasteiger partial charge in [-0.15, -0.1) is 11.3 Å². The fourth-order valence-corrected chi connectivity index (χ4v) is 3.01. The summed E-state index contributed by atoms with van der Waals surface area (Å²) < 4.78 is 1.09. The minimum atomic E-state index is 0.906. The minimum Gasteiger partial charge on any atom is -0.390 e. The van der Waals surface area contributed by atoms with Gasteiger partial charge in [-0.1, -0.05) is 28.1 Å². The van der Waals surface area contributed by atoms with Crippen LogP contribution in [0.3, 0.4) is 0 Å². The Labute approximate surface area is 102 Å². The third-order valence-electron chi connectivity index (χ3n) is 2.53. The summed E-state index contributed by atoms with van der Waals surface area (Å²) in [6.07, 6.45) is 0. The number of benzene rings is 1. The molecule has 15 heavy (non-hydrogen) atoms. The van der Waals surface area contributed by atoms with E-state index in [-0.39, 0.29) is 0 Å². The maximum absolute atomic E-state index is 6.03. The Morgan fingerprint density at radius 2 is 2.00 bits per heavy atom. The van der Waals surface area contributed by atoms with E-state index in [9.17, 15) is 0 Å². The molecule has 2 N–H and O–H groups in total. The van der Waals surface area contributed by atoms with Gasteiger partial charge in [0.2, 0.25) is 0 Å². The Morgan fingerprint density at radius 1 is 1.27 bits per heavy atom. The van der Waals surface area contributed by atoms with Crippen LogP contribution < -0.4 is 5.73 Å². The van der Waals surface area contributed by atoms with Crippen LogP contribution in [0.25, 0.3) is 11.1 Å². The SMILES string of the molecule is Cc1sc(N)c(-c2cccc(Br)c2)c1C. The lowest BCUT2D eigenvalue weighted by molar-refractivity contribution is 1.43. The Balaban J connectivity index is 2.63. The van der Waals surface area contributed by atoms with Crippen LogP contribution in [0, 0.1) is 13.8 Å². The maximum atomic E-state index is 6.03. The molecule has 1 aromatic carbocycles. The van der Waals surface area contributed by atoms with Crippen LogP contribution in [0.4, 0.5) is 5.00 Å². The molecule has 2 aromatic rings. The molecule has 0 fully saturated rings. The summed E-state index contributed by atoms with van der Waals surface area (Å²) in [4.78, 5) is 1.29. The first-order chi connectivity index (χ1) is 7.09. The van der Waals surface area contributed by atoms with Crippen molar-refractivity contribution in [2.24, 2.45) is 0 Å². The largest absolute Gasteiger partial charge is 0.390 e. The number of rotatable bonds is 1. The van der Waals surface area contributed by atoms with Crippen LogP contribution in [-0.4, -0.2) is 0 Å². The van der Waals surface area contributed by atoms with E-state index in [0.717, 1.165) is 9.47 Å². The van der Waals surface area contributed by atoms with Crippen LogP contribution >= 0.6 is 27.3 Å². The molecule has 0 saturated heterocycles. The second-order valence-corrected chi connectivity index (χ2v) is 5.70. The molecule has 1 aromatic heterocycles. The fraction of sp³-hybridized carbons (Fsp3) is 0.167. The molecule has 0 spiro atoms. The molecule has 0 amide bonds. The predicted octanol–water partition coefficient (Wildman–Crippen LogP) is 4.38. The molecule has 0 aliphatic carbocycles. The van der Waals surface area contributed by atoms with E-state index in [2.05, 4.69) is 41.9 Å². The standard InChI is InChI=1S/C12H12BrNS/c1-7-8(2)15-12(14)11(7)9-4-3-5-10(13)6-9/h3-6H,14H2,1-2H3. The minimum absolute atomic E-state index is 0.906. The first kappa shape index (κ1) is 10.7. The predicted molar refractivity (Wildman–Crippen MR) is 71.3 cm³/mol. The quantitative estimate of drug-likeness (QED) is 0.825. The number of hydrogen-bond donors (Lipinski definition) is 1. The zero-order valence-corrected chi connectivity index (χ0v) is 11.1. The van der Waals surface area contributed by atoms with Crippen molar-refractivity contribution in [3.05, 3.63) is 39.2 Å². The van der Waals surface area contributed by atoms with Gasteiger partial charge in [-0.25, -0.2) is 0 Å². The van der Waals surface area contributed by atoms with Crippen molar-refractivity contribution in [3.8, 4) is 11.1 Å². The number of aryl methyl sites for hydroxylation is 1. The molecular weight excluding hydrogens is 270 g/mol. The molecule has 3 heteroatoms. The smallest absolute Gasteiger partial charge is 0.0941 e. The molecule has 2 rings (SSSR count). The van der Waals surface area contributed by atoms with E-state index in [0.29, 0.717) is 0 Å². The summed E-state index contributed by atoms with van der Waals surface area (Å²) in [5.41, 5.74) is 9.68. The van der Waals surface area contributed by atoms with Gasteiger partial charge in [-0.05, 0) is 37.1 Å². The lowest BCUT2D eigenvalue weighted by atomic mass is 10.0. The molecule has 0 aliphatic heterocycles. The number of thiophene rings is 1. The van der Waals surface area contributed by atoms with Gasteiger partial charge in [0, 0.05) is 14.9 Å². The second kappa shape index (κ2) is 3.99.